The molecular formula is C15H27N3O2. The van der Waals surface area contributed by atoms with Gasteiger partial charge in [0.15, 0.2) is 0 Å². The monoisotopic (exact) mass is 281 g/mol. The van der Waals surface area contributed by atoms with Crippen LogP contribution in [0.2, 0.25) is 0 Å². The molecule has 0 aromatic carbocycles. The average Bonchev–Trinajstić information content (AvgIpc) is 2.47. The molecule has 0 bridgehead atoms. The zero-order chi connectivity index (χ0) is 14.6. The molecule has 0 radical (unpaired) electrons. The SMILES string of the molecule is COCCN(CCNCc1ccccn1)C(C)COC. The van der Waals surface area contributed by atoms with E-state index in [2.05, 4.69) is 22.1 Å². The van der Waals surface area contributed by atoms with Crippen molar-refractivity contribution >= 4 is 0 Å². The molecule has 0 saturated carbocycles. The molecule has 1 rings (SSSR count). The second kappa shape index (κ2) is 10.7. The predicted molar refractivity (Wildman–Crippen MR) is 80.7 cm³/mol. The summed E-state index contributed by atoms with van der Waals surface area (Å²) in [6.45, 7) is 7.29. The highest BCUT2D eigenvalue weighted by Crippen LogP contribution is 1.99. The van der Waals surface area contributed by atoms with Crippen molar-refractivity contribution in [3.63, 3.8) is 0 Å². The van der Waals surface area contributed by atoms with E-state index in [1.807, 2.05) is 24.4 Å². The van der Waals surface area contributed by atoms with Gasteiger partial charge in [0.05, 0.1) is 18.9 Å². The first-order valence-electron chi connectivity index (χ1n) is 7.10. The van der Waals surface area contributed by atoms with Crippen molar-refractivity contribution in [2.45, 2.75) is 19.5 Å². The van der Waals surface area contributed by atoms with Crippen LogP contribution in [0.5, 0.6) is 0 Å². The molecule has 5 nitrogen and oxygen atoms in total. The van der Waals surface area contributed by atoms with Gasteiger partial charge in [0, 0.05) is 52.6 Å². The summed E-state index contributed by atoms with van der Waals surface area (Å²) >= 11 is 0. The minimum absolute atomic E-state index is 0.395. The molecule has 114 valence electrons. The lowest BCUT2D eigenvalue weighted by molar-refractivity contribution is 0.0756. The Morgan fingerprint density at radius 3 is 2.75 bits per heavy atom. The predicted octanol–water partition coefficient (Wildman–Crippen LogP) is 1.15. The third kappa shape index (κ3) is 6.96. The second-order valence-electron chi connectivity index (χ2n) is 4.83. The fourth-order valence-electron chi connectivity index (χ4n) is 2.05. The Bertz CT molecular complexity index is 335. The molecule has 0 aliphatic carbocycles. The third-order valence-electron chi connectivity index (χ3n) is 3.22. The number of ether oxygens (including phenoxy) is 2. The molecule has 1 unspecified atom stereocenters. The minimum Gasteiger partial charge on any atom is -0.383 e. The maximum Gasteiger partial charge on any atom is 0.0615 e. The molecule has 0 aliphatic rings. The van der Waals surface area contributed by atoms with E-state index in [4.69, 9.17) is 9.47 Å². The first-order valence-corrected chi connectivity index (χ1v) is 7.10. The van der Waals surface area contributed by atoms with Gasteiger partial charge in [0.2, 0.25) is 0 Å². The number of rotatable bonds is 11. The van der Waals surface area contributed by atoms with E-state index in [0.717, 1.165) is 45.1 Å². The van der Waals surface area contributed by atoms with Gasteiger partial charge in [0.25, 0.3) is 0 Å². The second-order valence-corrected chi connectivity index (χ2v) is 4.83. The molecular weight excluding hydrogens is 254 g/mol. The molecule has 1 aromatic rings. The van der Waals surface area contributed by atoms with Crippen LogP contribution in [-0.4, -0.2) is 63.0 Å². The summed E-state index contributed by atoms with van der Waals surface area (Å²) in [5.41, 5.74) is 1.07. The Morgan fingerprint density at radius 2 is 2.10 bits per heavy atom. The number of aromatic nitrogens is 1. The van der Waals surface area contributed by atoms with E-state index in [-0.39, 0.29) is 0 Å². The van der Waals surface area contributed by atoms with Gasteiger partial charge in [-0.3, -0.25) is 9.88 Å². The average molecular weight is 281 g/mol. The Hall–Kier alpha value is -1.01. The fraction of sp³-hybridized carbons (Fsp3) is 0.667. The van der Waals surface area contributed by atoms with Gasteiger partial charge >= 0.3 is 0 Å². The smallest absolute Gasteiger partial charge is 0.0615 e. The highest BCUT2D eigenvalue weighted by atomic mass is 16.5. The molecule has 5 heteroatoms. The highest BCUT2D eigenvalue weighted by molar-refractivity contribution is 5.02. The van der Waals surface area contributed by atoms with Gasteiger partial charge in [-0.2, -0.15) is 0 Å². The van der Waals surface area contributed by atoms with Gasteiger partial charge < -0.3 is 14.8 Å². The molecule has 1 aromatic heterocycles. The van der Waals surface area contributed by atoms with Crippen LogP contribution in [0.15, 0.2) is 24.4 Å². The molecule has 0 saturated heterocycles. The summed E-state index contributed by atoms with van der Waals surface area (Å²) < 4.78 is 10.4. The summed E-state index contributed by atoms with van der Waals surface area (Å²) in [4.78, 5) is 6.67. The highest BCUT2D eigenvalue weighted by Gasteiger charge is 2.12. The zero-order valence-electron chi connectivity index (χ0n) is 12.8. The van der Waals surface area contributed by atoms with Crippen LogP contribution < -0.4 is 5.32 Å². The normalized spacial score (nSPS) is 12.8. The van der Waals surface area contributed by atoms with E-state index in [9.17, 15) is 0 Å². The summed E-state index contributed by atoms with van der Waals surface area (Å²) in [6, 6.07) is 6.37. The zero-order valence-corrected chi connectivity index (χ0v) is 12.8. The van der Waals surface area contributed by atoms with Crippen molar-refractivity contribution in [3.8, 4) is 0 Å². The number of hydrogen-bond acceptors (Lipinski definition) is 5. The summed E-state index contributed by atoms with van der Waals surface area (Å²) in [7, 11) is 3.48. The van der Waals surface area contributed by atoms with Crippen LogP contribution in [0.1, 0.15) is 12.6 Å². The number of nitrogens with one attached hydrogen (secondary N) is 1. The maximum atomic E-state index is 5.23. The summed E-state index contributed by atoms with van der Waals surface area (Å²) in [5, 5.41) is 3.42. The molecule has 1 heterocycles. The maximum absolute atomic E-state index is 5.23. The van der Waals surface area contributed by atoms with Crippen molar-refractivity contribution < 1.29 is 9.47 Å². The van der Waals surface area contributed by atoms with Gasteiger partial charge in [-0.15, -0.1) is 0 Å². The van der Waals surface area contributed by atoms with Gasteiger partial charge in [-0.25, -0.2) is 0 Å². The molecule has 0 amide bonds. The van der Waals surface area contributed by atoms with Crippen LogP contribution in [0, 0.1) is 0 Å². The molecule has 1 atom stereocenters. The number of pyridine rings is 1. The Labute approximate surface area is 122 Å². The van der Waals surface area contributed by atoms with E-state index >= 15 is 0 Å². The van der Waals surface area contributed by atoms with Crippen LogP contribution in [-0.2, 0) is 16.0 Å². The van der Waals surface area contributed by atoms with Crippen LogP contribution in [0.4, 0.5) is 0 Å². The standard InChI is InChI=1S/C15H27N3O2/c1-14(13-20-3)18(10-11-19-2)9-8-16-12-15-6-4-5-7-17-15/h4-7,14,16H,8-13H2,1-3H3. The fourth-order valence-corrected chi connectivity index (χ4v) is 2.05. The van der Waals surface area contributed by atoms with Crippen molar-refractivity contribution in [1.29, 1.82) is 0 Å². The van der Waals surface area contributed by atoms with Crippen molar-refractivity contribution in [2.75, 3.05) is 47.1 Å². The van der Waals surface area contributed by atoms with Crippen molar-refractivity contribution in [1.82, 2.24) is 15.2 Å². The molecule has 1 N–H and O–H groups in total. The first kappa shape index (κ1) is 17.0. The number of nitrogens with zero attached hydrogens (tertiary/aromatic N) is 2. The lowest BCUT2D eigenvalue weighted by Crippen LogP contribution is -2.42. The first-order chi connectivity index (χ1) is 9.77. The van der Waals surface area contributed by atoms with E-state index < -0.39 is 0 Å². The molecule has 0 spiro atoms. The summed E-state index contributed by atoms with van der Waals surface area (Å²) in [6.07, 6.45) is 1.82. The minimum atomic E-state index is 0.395. The molecule has 0 aliphatic heterocycles. The molecule has 20 heavy (non-hydrogen) atoms. The number of hydrogen-bond donors (Lipinski definition) is 1. The van der Waals surface area contributed by atoms with E-state index in [0.29, 0.717) is 6.04 Å². The van der Waals surface area contributed by atoms with E-state index in [1.54, 1.807) is 14.2 Å². The molecule has 0 fully saturated rings. The Kier molecular flexibility index (Phi) is 9.15. The van der Waals surface area contributed by atoms with Gasteiger partial charge in [-0.1, -0.05) is 6.07 Å². The quantitative estimate of drug-likeness (QED) is 0.617. The van der Waals surface area contributed by atoms with Gasteiger partial charge in [0.1, 0.15) is 0 Å². The van der Waals surface area contributed by atoms with Crippen molar-refractivity contribution in [3.05, 3.63) is 30.1 Å². The summed E-state index contributed by atoms with van der Waals surface area (Å²) in [5.74, 6) is 0. The number of methoxy groups -OCH3 is 2. The topological polar surface area (TPSA) is 46.6 Å². The lowest BCUT2D eigenvalue weighted by atomic mass is 10.3. The van der Waals surface area contributed by atoms with Crippen molar-refractivity contribution in [2.24, 2.45) is 0 Å². The van der Waals surface area contributed by atoms with Crippen LogP contribution in [0.3, 0.4) is 0 Å². The third-order valence-corrected chi connectivity index (χ3v) is 3.22. The lowest BCUT2D eigenvalue weighted by Gasteiger charge is -2.28. The van der Waals surface area contributed by atoms with Gasteiger partial charge in [-0.05, 0) is 19.1 Å². The van der Waals surface area contributed by atoms with Crippen LogP contribution in [0.25, 0.3) is 0 Å². The van der Waals surface area contributed by atoms with E-state index in [1.165, 1.54) is 0 Å². The largest absolute Gasteiger partial charge is 0.383 e. The van der Waals surface area contributed by atoms with Crippen LogP contribution >= 0.6 is 0 Å². The Balaban J connectivity index is 2.26. The Morgan fingerprint density at radius 1 is 1.25 bits per heavy atom.